The van der Waals surface area contributed by atoms with E-state index < -0.39 is 5.60 Å². The summed E-state index contributed by atoms with van der Waals surface area (Å²) >= 11 is 0. The van der Waals surface area contributed by atoms with Gasteiger partial charge in [0.1, 0.15) is 0 Å². The molecule has 2 heterocycles. The van der Waals surface area contributed by atoms with E-state index in [-0.39, 0.29) is 5.92 Å². The average molecular weight is 273 g/mol. The second-order valence-corrected chi connectivity index (χ2v) is 5.78. The Balaban J connectivity index is 1.62. The predicted molar refractivity (Wildman–Crippen MR) is 74.8 cm³/mol. The summed E-state index contributed by atoms with van der Waals surface area (Å²) in [5.41, 5.74) is 0.382. The van der Waals surface area contributed by atoms with Gasteiger partial charge in [-0.1, -0.05) is 49.3 Å². The molecule has 0 bridgehead atoms. The maximum atomic E-state index is 10.2. The third kappa shape index (κ3) is 2.46. The van der Waals surface area contributed by atoms with Crippen molar-refractivity contribution in [3.8, 4) is 11.4 Å². The number of likely N-dealkylation sites (tertiary alicyclic amines) is 1. The summed E-state index contributed by atoms with van der Waals surface area (Å²) in [6, 6.07) is 9.76. The minimum absolute atomic E-state index is 0.265. The Bertz CT molecular complexity index is 574. The van der Waals surface area contributed by atoms with Gasteiger partial charge in [-0.05, 0) is 5.92 Å². The molecule has 1 N–H and O–H groups in total. The summed E-state index contributed by atoms with van der Waals surface area (Å²) in [6.45, 7) is 5.99. The Kier molecular flexibility index (Phi) is 3.31. The average Bonchev–Trinajstić information content (AvgIpc) is 2.86. The van der Waals surface area contributed by atoms with Crippen molar-refractivity contribution in [2.75, 3.05) is 13.1 Å². The smallest absolute Gasteiger partial charge is 0.241 e. The summed E-state index contributed by atoms with van der Waals surface area (Å²) in [6.07, 6.45) is 0. The monoisotopic (exact) mass is 273 g/mol. The minimum Gasteiger partial charge on any atom is -0.387 e. The van der Waals surface area contributed by atoms with Crippen molar-refractivity contribution in [3.05, 3.63) is 36.2 Å². The highest BCUT2D eigenvalue weighted by atomic mass is 16.5. The maximum absolute atomic E-state index is 10.2. The molecule has 1 aromatic heterocycles. The van der Waals surface area contributed by atoms with Crippen LogP contribution >= 0.6 is 0 Å². The second-order valence-electron chi connectivity index (χ2n) is 5.78. The lowest BCUT2D eigenvalue weighted by Crippen LogP contribution is -2.63. The topological polar surface area (TPSA) is 62.4 Å². The zero-order valence-corrected chi connectivity index (χ0v) is 11.8. The van der Waals surface area contributed by atoms with Crippen LogP contribution in [0.4, 0.5) is 0 Å². The number of nitrogens with zero attached hydrogens (tertiary/aromatic N) is 3. The van der Waals surface area contributed by atoms with Crippen molar-refractivity contribution in [1.82, 2.24) is 15.0 Å². The number of aromatic nitrogens is 2. The number of β-amino-alcohol motifs (C(OH)–C–C–N with tert-alkyl or cyclic N) is 1. The number of benzene rings is 1. The van der Waals surface area contributed by atoms with Crippen LogP contribution in [0.3, 0.4) is 0 Å². The Morgan fingerprint density at radius 2 is 2.00 bits per heavy atom. The normalized spacial score (nSPS) is 18.2. The number of rotatable bonds is 4. The number of aliphatic hydroxyl groups is 1. The van der Waals surface area contributed by atoms with Crippen LogP contribution in [-0.4, -0.2) is 38.8 Å². The fraction of sp³-hybridized carbons (Fsp3) is 0.467. The Morgan fingerprint density at radius 1 is 1.30 bits per heavy atom. The molecule has 0 atom stereocenters. The van der Waals surface area contributed by atoms with E-state index in [0.717, 1.165) is 5.56 Å². The van der Waals surface area contributed by atoms with E-state index in [2.05, 4.69) is 15.0 Å². The third-order valence-corrected chi connectivity index (χ3v) is 3.93. The molecule has 2 aromatic rings. The highest BCUT2D eigenvalue weighted by molar-refractivity contribution is 5.53. The second kappa shape index (κ2) is 5.00. The van der Waals surface area contributed by atoms with Crippen LogP contribution < -0.4 is 0 Å². The van der Waals surface area contributed by atoms with E-state index in [0.29, 0.717) is 31.3 Å². The van der Waals surface area contributed by atoms with Crippen LogP contribution in [0.5, 0.6) is 0 Å². The summed E-state index contributed by atoms with van der Waals surface area (Å²) in [5, 5.41) is 14.2. The molecular formula is C15H19N3O2. The lowest BCUT2D eigenvalue weighted by Gasteiger charge is -2.48. The molecule has 1 aromatic carbocycles. The summed E-state index contributed by atoms with van der Waals surface area (Å²) < 4.78 is 5.27. The quantitative estimate of drug-likeness (QED) is 0.922. The van der Waals surface area contributed by atoms with Gasteiger partial charge in [0.05, 0.1) is 12.1 Å². The molecule has 1 saturated heterocycles. The van der Waals surface area contributed by atoms with Gasteiger partial charge in [-0.2, -0.15) is 4.98 Å². The maximum Gasteiger partial charge on any atom is 0.241 e. The zero-order valence-electron chi connectivity index (χ0n) is 11.8. The molecule has 1 fully saturated rings. The zero-order chi connectivity index (χ0) is 14.2. The van der Waals surface area contributed by atoms with Crippen molar-refractivity contribution in [3.63, 3.8) is 0 Å². The van der Waals surface area contributed by atoms with Gasteiger partial charge < -0.3 is 9.63 Å². The van der Waals surface area contributed by atoms with Crippen LogP contribution in [0.1, 0.15) is 19.7 Å². The number of hydrogen-bond donors (Lipinski definition) is 1. The van der Waals surface area contributed by atoms with E-state index in [1.54, 1.807) is 0 Å². The predicted octanol–water partition coefficient (Wildman–Crippen LogP) is 1.94. The van der Waals surface area contributed by atoms with E-state index in [4.69, 9.17) is 4.52 Å². The molecule has 0 saturated carbocycles. The van der Waals surface area contributed by atoms with Gasteiger partial charge in [0.25, 0.3) is 0 Å². The molecule has 0 aliphatic carbocycles. The largest absolute Gasteiger partial charge is 0.387 e. The molecule has 1 aliphatic rings. The van der Waals surface area contributed by atoms with Crippen LogP contribution in [0.15, 0.2) is 34.9 Å². The molecule has 5 heteroatoms. The van der Waals surface area contributed by atoms with Gasteiger partial charge in [0, 0.05) is 18.7 Å². The summed E-state index contributed by atoms with van der Waals surface area (Å²) in [5.74, 6) is 1.47. The van der Waals surface area contributed by atoms with Gasteiger partial charge in [0.15, 0.2) is 0 Å². The van der Waals surface area contributed by atoms with E-state index >= 15 is 0 Å². The van der Waals surface area contributed by atoms with Crippen molar-refractivity contribution < 1.29 is 9.63 Å². The Labute approximate surface area is 118 Å². The molecule has 0 spiro atoms. The van der Waals surface area contributed by atoms with Crippen molar-refractivity contribution in [1.29, 1.82) is 0 Å². The van der Waals surface area contributed by atoms with E-state index in [1.165, 1.54) is 0 Å². The lowest BCUT2D eigenvalue weighted by molar-refractivity contribution is -0.133. The van der Waals surface area contributed by atoms with Crippen LogP contribution in [0, 0.1) is 5.92 Å². The van der Waals surface area contributed by atoms with Crippen molar-refractivity contribution in [2.24, 2.45) is 5.92 Å². The first kappa shape index (κ1) is 13.3. The first-order valence-corrected chi connectivity index (χ1v) is 6.89. The highest BCUT2D eigenvalue weighted by Gasteiger charge is 2.43. The number of hydrogen-bond acceptors (Lipinski definition) is 5. The molecule has 0 amide bonds. The highest BCUT2D eigenvalue weighted by Crippen LogP contribution is 2.29. The summed E-state index contributed by atoms with van der Waals surface area (Å²) in [4.78, 5) is 6.51. The minimum atomic E-state index is -0.567. The molecule has 0 radical (unpaired) electrons. The first-order chi connectivity index (χ1) is 9.57. The Morgan fingerprint density at radius 3 is 2.65 bits per heavy atom. The molecule has 1 aliphatic heterocycles. The van der Waals surface area contributed by atoms with Gasteiger partial charge in [-0.15, -0.1) is 0 Å². The summed E-state index contributed by atoms with van der Waals surface area (Å²) in [7, 11) is 0. The van der Waals surface area contributed by atoms with Crippen molar-refractivity contribution >= 4 is 0 Å². The standard InChI is InChI=1S/C15H19N3O2/c1-11(2)15(19)9-18(10-15)8-13-16-14(17-20-13)12-6-4-3-5-7-12/h3-7,11,19H,8-10H2,1-2H3. The van der Waals surface area contributed by atoms with E-state index in [9.17, 15) is 5.11 Å². The fourth-order valence-electron chi connectivity index (χ4n) is 2.42. The first-order valence-electron chi connectivity index (χ1n) is 6.89. The molecule has 5 nitrogen and oxygen atoms in total. The fourth-order valence-corrected chi connectivity index (χ4v) is 2.42. The van der Waals surface area contributed by atoms with E-state index in [1.807, 2.05) is 44.2 Å². The third-order valence-electron chi connectivity index (χ3n) is 3.93. The van der Waals surface area contributed by atoms with Crippen LogP contribution in [-0.2, 0) is 6.54 Å². The van der Waals surface area contributed by atoms with Crippen LogP contribution in [0.2, 0.25) is 0 Å². The van der Waals surface area contributed by atoms with Gasteiger partial charge in [-0.25, -0.2) is 0 Å². The van der Waals surface area contributed by atoms with Crippen LogP contribution in [0.25, 0.3) is 11.4 Å². The van der Waals surface area contributed by atoms with Gasteiger partial charge in [-0.3, -0.25) is 4.90 Å². The SMILES string of the molecule is CC(C)C1(O)CN(Cc2nc(-c3ccccc3)no2)C1. The lowest BCUT2D eigenvalue weighted by atomic mass is 9.83. The molecule has 20 heavy (non-hydrogen) atoms. The molecule has 3 rings (SSSR count). The molecular weight excluding hydrogens is 254 g/mol. The van der Waals surface area contributed by atoms with Crippen molar-refractivity contribution in [2.45, 2.75) is 26.0 Å². The molecule has 106 valence electrons. The Hall–Kier alpha value is -1.72. The molecule has 0 unspecified atom stereocenters. The van der Waals surface area contributed by atoms with Gasteiger partial charge in [0.2, 0.25) is 11.7 Å². The van der Waals surface area contributed by atoms with Gasteiger partial charge >= 0.3 is 0 Å².